The molecule has 0 bridgehead atoms. The van der Waals surface area contributed by atoms with Gasteiger partial charge in [-0.3, -0.25) is 9.80 Å². The SMILES string of the molecule is CCCCCCOC1N(n2c(-c3ccccc3)nc3ccccc3c2=O)C1(C)C. The van der Waals surface area contributed by atoms with Crippen molar-refractivity contribution >= 4 is 10.9 Å². The van der Waals surface area contributed by atoms with Crippen LogP contribution in [0.15, 0.2) is 59.4 Å². The van der Waals surface area contributed by atoms with Gasteiger partial charge in [0, 0.05) is 12.2 Å². The molecule has 0 N–H and O–H groups in total. The average molecular weight is 392 g/mol. The number of aromatic nitrogens is 2. The van der Waals surface area contributed by atoms with Crippen LogP contribution in [0.25, 0.3) is 22.3 Å². The second kappa shape index (κ2) is 7.99. The van der Waals surface area contributed by atoms with Crippen molar-refractivity contribution < 1.29 is 4.74 Å². The van der Waals surface area contributed by atoms with Gasteiger partial charge in [0.2, 0.25) is 0 Å². The number of hydrogen-bond donors (Lipinski definition) is 0. The maximum atomic E-state index is 13.5. The Bertz CT molecular complexity index is 1040. The first-order valence-electron chi connectivity index (χ1n) is 10.5. The Balaban J connectivity index is 1.73. The highest BCUT2D eigenvalue weighted by Gasteiger charge is 2.59. The minimum absolute atomic E-state index is 0.0559. The van der Waals surface area contributed by atoms with Gasteiger partial charge in [-0.15, -0.1) is 0 Å². The standard InChI is InChI=1S/C24H29N3O2/c1-4-5-6-12-17-29-23-24(2,3)27(23)26-21(18-13-8-7-9-14-18)25-20-16-11-10-15-19(20)22(26)28/h7-11,13-16,23H,4-6,12,17H2,1-3H3. The Labute approximate surface area is 171 Å². The van der Waals surface area contributed by atoms with Gasteiger partial charge in [-0.2, -0.15) is 4.68 Å². The lowest BCUT2D eigenvalue weighted by molar-refractivity contribution is 0.100. The van der Waals surface area contributed by atoms with Crippen LogP contribution in [0.1, 0.15) is 46.5 Å². The topological polar surface area (TPSA) is 47.1 Å². The van der Waals surface area contributed by atoms with Crippen molar-refractivity contribution in [2.45, 2.75) is 58.2 Å². The molecular weight excluding hydrogens is 362 g/mol. The molecule has 5 heteroatoms. The number of unbranched alkanes of at least 4 members (excludes halogenated alkanes) is 3. The van der Waals surface area contributed by atoms with Crippen molar-refractivity contribution in [1.29, 1.82) is 0 Å². The van der Waals surface area contributed by atoms with Gasteiger partial charge in [0.1, 0.15) is 0 Å². The third-order valence-electron chi connectivity index (χ3n) is 5.62. The molecule has 1 aromatic heterocycles. The Kier molecular flexibility index (Phi) is 5.41. The van der Waals surface area contributed by atoms with Gasteiger partial charge in [-0.05, 0) is 32.4 Å². The van der Waals surface area contributed by atoms with Gasteiger partial charge in [0.15, 0.2) is 12.1 Å². The number of hydrogen-bond acceptors (Lipinski definition) is 4. The molecule has 0 radical (unpaired) electrons. The fourth-order valence-corrected chi connectivity index (χ4v) is 3.89. The van der Waals surface area contributed by atoms with Crippen LogP contribution >= 0.6 is 0 Å². The van der Waals surface area contributed by atoms with Gasteiger partial charge in [0.25, 0.3) is 5.56 Å². The summed E-state index contributed by atoms with van der Waals surface area (Å²) in [6, 6.07) is 17.4. The smallest absolute Gasteiger partial charge is 0.280 e. The predicted molar refractivity (Wildman–Crippen MR) is 118 cm³/mol. The first-order valence-corrected chi connectivity index (χ1v) is 10.5. The van der Waals surface area contributed by atoms with E-state index < -0.39 is 0 Å². The molecule has 152 valence electrons. The van der Waals surface area contributed by atoms with Crippen LogP contribution in [0, 0.1) is 0 Å². The molecule has 29 heavy (non-hydrogen) atoms. The van der Waals surface area contributed by atoms with E-state index in [0.717, 1.165) is 12.0 Å². The van der Waals surface area contributed by atoms with Crippen LogP contribution in [-0.4, -0.2) is 28.0 Å². The fourth-order valence-electron chi connectivity index (χ4n) is 3.89. The van der Waals surface area contributed by atoms with Crippen molar-refractivity contribution in [2.75, 3.05) is 11.6 Å². The zero-order valence-corrected chi connectivity index (χ0v) is 17.5. The number of rotatable bonds is 8. The lowest BCUT2D eigenvalue weighted by Crippen LogP contribution is -2.35. The van der Waals surface area contributed by atoms with E-state index in [0.29, 0.717) is 23.3 Å². The monoisotopic (exact) mass is 391 g/mol. The zero-order chi connectivity index (χ0) is 20.4. The van der Waals surface area contributed by atoms with Gasteiger partial charge < -0.3 is 4.74 Å². The summed E-state index contributed by atoms with van der Waals surface area (Å²) in [6.07, 6.45) is 4.53. The normalized spacial score (nSPS) is 17.6. The summed E-state index contributed by atoms with van der Waals surface area (Å²) in [7, 11) is 0. The molecular formula is C24H29N3O2. The van der Waals surface area contributed by atoms with Gasteiger partial charge in [0.05, 0.1) is 16.4 Å². The first kappa shape index (κ1) is 19.6. The Morgan fingerprint density at radius 2 is 1.72 bits per heavy atom. The summed E-state index contributed by atoms with van der Waals surface area (Å²) in [5.41, 5.74) is 1.31. The van der Waals surface area contributed by atoms with Crippen LogP contribution in [0.3, 0.4) is 0 Å². The molecule has 3 aromatic rings. The quantitative estimate of drug-likeness (QED) is 0.412. The third kappa shape index (κ3) is 3.67. The van der Waals surface area contributed by atoms with Gasteiger partial charge >= 0.3 is 0 Å². The molecule has 1 unspecified atom stereocenters. The summed E-state index contributed by atoms with van der Waals surface area (Å²) in [5, 5.41) is 2.65. The van der Waals surface area contributed by atoms with Crippen LogP contribution in [0.5, 0.6) is 0 Å². The van der Waals surface area contributed by atoms with E-state index >= 15 is 0 Å². The van der Waals surface area contributed by atoms with Crippen molar-refractivity contribution in [3.8, 4) is 11.4 Å². The minimum Gasteiger partial charge on any atom is -0.354 e. The highest BCUT2D eigenvalue weighted by Crippen LogP contribution is 2.40. The van der Waals surface area contributed by atoms with E-state index in [4.69, 9.17) is 9.72 Å². The largest absolute Gasteiger partial charge is 0.354 e. The van der Waals surface area contributed by atoms with E-state index in [2.05, 4.69) is 20.8 Å². The number of para-hydroxylation sites is 1. The Hall–Kier alpha value is -2.66. The number of fused-ring (bicyclic) bond motifs is 1. The molecule has 2 heterocycles. The second-order valence-corrected chi connectivity index (χ2v) is 8.22. The highest BCUT2D eigenvalue weighted by molar-refractivity contribution is 5.80. The van der Waals surface area contributed by atoms with E-state index in [1.807, 2.05) is 59.6 Å². The molecule has 0 amide bonds. The van der Waals surface area contributed by atoms with Crippen molar-refractivity contribution in [1.82, 2.24) is 9.66 Å². The first-order chi connectivity index (χ1) is 14.1. The molecule has 1 aliphatic heterocycles. The second-order valence-electron chi connectivity index (χ2n) is 8.22. The Morgan fingerprint density at radius 1 is 1.00 bits per heavy atom. The number of benzene rings is 2. The van der Waals surface area contributed by atoms with Crippen LogP contribution < -0.4 is 10.6 Å². The van der Waals surface area contributed by atoms with Crippen molar-refractivity contribution in [3.63, 3.8) is 0 Å². The highest BCUT2D eigenvalue weighted by atomic mass is 16.5. The molecule has 0 saturated carbocycles. The summed E-state index contributed by atoms with van der Waals surface area (Å²) in [4.78, 5) is 18.3. The van der Waals surface area contributed by atoms with Crippen molar-refractivity contribution in [2.24, 2.45) is 0 Å². The summed E-state index contributed by atoms with van der Waals surface area (Å²) in [5.74, 6) is 0.652. The predicted octanol–water partition coefficient (Wildman–Crippen LogP) is 4.72. The van der Waals surface area contributed by atoms with Crippen LogP contribution in [0.2, 0.25) is 0 Å². The van der Waals surface area contributed by atoms with Gasteiger partial charge in [-0.1, -0.05) is 68.7 Å². The number of nitrogens with zero attached hydrogens (tertiary/aromatic N) is 3. The molecule has 1 fully saturated rings. The van der Waals surface area contributed by atoms with Crippen LogP contribution in [0.4, 0.5) is 0 Å². The maximum absolute atomic E-state index is 13.5. The van der Waals surface area contributed by atoms with Gasteiger partial charge in [-0.25, -0.2) is 4.98 Å². The minimum atomic E-state index is -0.262. The number of ether oxygens (including phenoxy) is 1. The fraction of sp³-hybridized carbons (Fsp3) is 0.417. The molecule has 1 saturated heterocycles. The van der Waals surface area contributed by atoms with E-state index in [9.17, 15) is 4.79 Å². The van der Waals surface area contributed by atoms with E-state index in [1.165, 1.54) is 19.3 Å². The van der Waals surface area contributed by atoms with E-state index in [-0.39, 0.29) is 17.3 Å². The summed E-state index contributed by atoms with van der Waals surface area (Å²) >= 11 is 0. The molecule has 5 nitrogen and oxygen atoms in total. The Morgan fingerprint density at radius 3 is 2.48 bits per heavy atom. The zero-order valence-electron chi connectivity index (χ0n) is 17.5. The molecule has 0 aliphatic carbocycles. The maximum Gasteiger partial charge on any atom is 0.280 e. The summed E-state index contributed by atoms with van der Waals surface area (Å²) in [6.45, 7) is 7.14. The lowest BCUT2D eigenvalue weighted by Gasteiger charge is -2.17. The van der Waals surface area contributed by atoms with Crippen LogP contribution in [-0.2, 0) is 4.74 Å². The third-order valence-corrected chi connectivity index (χ3v) is 5.62. The average Bonchev–Trinajstić information content (AvgIpc) is 3.28. The molecule has 1 aliphatic rings. The molecule has 0 spiro atoms. The molecule has 1 atom stereocenters. The molecule has 4 rings (SSSR count). The lowest BCUT2D eigenvalue weighted by atomic mass is 10.2. The summed E-state index contributed by atoms with van der Waals surface area (Å²) < 4.78 is 7.89. The van der Waals surface area contributed by atoms with Crippen molar-refractivity contribution in [3.05, 3.63) is 65.0 Å². The molecule has 2 aromatic carbocycles. The van der Waals surface area contributed by atoms with E-state index in [1.54, 1.807) is 4.68 Å².